The van der Waals surface area contributed by atoms with Crippen molar-refractivity contribution in [3.63, 3.8) is 0 Å². The zero-order valence-electron chi connectivity index (χ0n) is 9.82. The van der Waals surface area contributed by atoms with Gasteiger partial charge in [-0.3, -0.25) is 0 Å². The van der Waals surface area contributed by atoms with Crippen LogP contribution in [0.2, 0.25) is 0 Å². The summed E-state index contributed by atoms with van der Waals surface area (Å²) in [5, 5.41) is 0. The molecule has 0 spiro atoms. The Hall–Kier alpha value is -1.30. The molecule has 2 aliphatic rings. The van der Waals surface area contributed by atoms with Crippen LogP contribution in [0.5, 0.6) is 0 Å². The summed E-state index contributed by atoms with van der Waals surface area (Å²) in [6.45, 7) is 2.30. The first kappa shape index (κ1) is 9.89. The first-order chi connectivity index (χ1) is 7.86. The molecule has 0 radical (unpaired) electrons. The predicted molar refractivity (Wildman–Crippen MR) is 68.3 cm³/mol. The minimum absolute atomic E-state index is 0.745. The van der Waals surface area contributed by atoms with Gasteiger partial charge >= 0.3 is 0 Å². The maximum absolute atomic E-state index is 2.39. The molecule has 16 heavy (non-hydrogen) atoms. The summed E-state index contributed by atoms with van der Waals surface area (Å²) >= 11 is 0. The molecule has 0 amide bonds. The van der Waals surface area contributed by atoms with Gasteiger partial charge in [-0.1, -0.05) is 55.0 Å². The van der Waals surface area contributed by atoms with Gasteiger partial charge in [0.05, 0.1) is 0 Å². The van der Waals surface area contributed by atoms with E-state index in [1.165, 1.54) is 24.0 Å². The number of benzene rings is 1. The third kappa shape index (κ3) is 1.63. The summed E-state index contributed by atoms with van der Waals surface area (Å²) in [4.78, 5) is 0. The number of rotatable bonds is 1. The third-order valence-electron chi connectivity index (χ3n) is 3.99. The summed E-state index contributed by atoms with van der Waals surface area (Å²) in [7, 11) is 0. The molecule has 2 atom stereocenters. The van der Waals surface area contributed by atoms with E-state index in [-0.39, 0.29) is 0 Å². The van der Waals surface area contributed by atoms with E-state index in [2.05, 4.69) is 49.4 Å². The van der Waals surface area contributed by atoms with Crippen LogP contribution in [-0.2, 0) is 12.8 Å². The Morgan fingerprint density at radius 1 is 1.25 bits per heavy atom. The molecule has 0 nitrogen and oxygen atoms in total. The highest BCUT2D eigenvalue weighted by atomic mass is 14.3. The molecule has 82 valence electrons. The standard InChI is InChI=1S/C16H18/c1-2-14-7-4-8-15-10-12-5-3-6-13(9-12)11-16(14)15/h3-9,14,16H,2,10-11H2,1H3. The number of allylic oxidation sites excluding steroid dienone is 4. The highest BCUT2D eigenvalue weighted by Gasteiger charge is 2.26. The summed E-state index contributed by atoms with van der Waals surface area (Å²) in [5.41, 5.74) is 4.63. The molecule has 2 aliphatic carbocycles. The smallest absolute Gasteiger partial charge is 0.00608 e. The largest absolute Gasteiger partial charge is 0.0808 e. The van der Waals surface area contributed by atoms with Crippen LogP contribution in [0.3, 0.4) is 0 Å². The molecule has 0 N–H and O–H groups in total. The molecule has 0 saturated carbocycles. The molecule has 1 aromatic carbocycles. The van der Waals surface area contributed by atoms with E-state index < -0.39 is 0 Å². The van der Waals surface area contributed by atoms with E-state index in [1.54, 1.807) is 5.57 Å². The molecular weight excluding hydrogens is 192 g/mol. The lowest BCUT2D eigenvalue weighted by Gasteiger charge is -2.27. The van der Waals surface area contributed by atoms with Crippen molar-refractivity contribution in [1.29, 1.82) is 0 Å². The van der Waals surface area contributed by atoms with Crippen LogP contribution in [0.4, 0.5) is 0 Å². The Labute approximate surface area is 97.7 Å². The molecule has 1 aromatic rings. The lowest BCUT2D eigenvalue weighted by molar-refractivity contribution is 0.429. The van der Waals surface area contributed by atoms with Crippen LogP contribution in [0.1, 0.15) is 24.5 Å². The lowest BCUT2D eigenvalue weighted by Crippen LogP contribution is -2.19. The van der Waals surface area contributed by atoms with Crippen molar-refractivity contribution in [2.45, 2.75) is 26.2 Å². The first-order valence-corrected chi connectivity index (χ1v) is 6.32. The summed E-state index contributed by atoms with van der Waals surface area (Å²) < 4.78 is 0. The Balaban J connectivity index is 2.00. The second-order valence-electron chi connectivity index (χ2n) is 5.01. The fourth-order valence-corrected chi connectivity index (χ4v) is 3.10. The maximum Gasteiger partial charge on any atom is -0.00608 e. The van der Waals surface area contributed by atoms with Crippen LogP contribution >= 0.6 is 0 Å². The molecule has 0 heteroatoms. The number of fused-ring (bicyclic) bond motifs is 3. The summed E-state index contributed by atoms with van der Waals surface area (Å²) in [6.07, 6.45) is 10.6. The van der Waals surface area contributed by atoms with Gasteiger partial charge in [0.25, 0.3) is 0 Å². The van der Waals surface area contributed by atoms with Crippen LogP contribution in [-0.4, -0.2) is 0 Å². The van der Waals surface area contributed by atoms with E-state index in [1.807, 2.05) is 0 Å². The SMILES string of the molecule is CCC1C=CC=C2Cc3cccc(c3)CC21. The second-order valence-corrected chi connectivity index (χ2v) is 5.01. The van der Waals surface area contributed by atoms with E-state index in [0.29, 0.717) is 0 Å². The molecule has 0 aliphatic heterocycles. The van der Waals surface area contributed by atoms with Crippen molar-refractivity contribution >= 4 is 0 Å². The Morgan fingerprint density at radius 3 is 3.00 bits per heavy atom. The zero-order valence-corrected chi connectivity index (χ0v) is 9.82. The normalized spacial score (nSPS) is 26.9. The topological polar surface area (TPSA) is 0 Å². The van der Waals surface area contributed by atoms with Crippen molar-refractivity contribution in [1.82, 2.24) is 0 Å². The van der Waals surface area contributed by atoms with Gasteiger partial charge in [0, 0.05) is 0 Å². The Morgan fingerprint density at radius 2 is 2.12 bits per heavy atom. The van der Waals surface area contributed by atoms with Crippen molar-refractivity contribution in [3.8, 4) is 0 Å². The van der Waals surface area contributed by atoms with Crippen molar-refractivity contribution in [2.24, 2.45) is 11.8 Å². The molecule has 0 saturated heterocycles. The molecule has 2 unspecified atom stereocenters. The quantitative estimate of drug-likeness (QED) is 0.659. The van der Waals surface area contributed by atoms with E-state index in [4.69, 9.17) is 0 Å². The third-order valence-corrected chi connectivity index (χ3v) is 3.99. The fourth-order valence-electron chi connectivity index (χ4n) is 3.10. The lowest BCUT2D eigenvalue weighted by atomic mass is 9.77. The van der Waals surface area contributed by atoms with E-state index in [9.17, 15) is 0 Å². The molecule has 0 aromatic heterocycles. The molecule has 3 rings (SSSR count). The van der Waals surface area contributed by atoms with Gasteiger partial charge in [-0.2, -0.15) is 0 Å². The van der Waals surface area contributed by atoms with Gasteiger partial charge in [0.15, 0.2) is 0 Å². The monoisotopic (exact) mass is 210 g/mol. The second kappa shape index (κ2) is 3.93. The fraction of sp³-hybridized carbons (Fsp3) is 0.375. The van der Waals surface area contributed by atoms with Gasteiger partial charge in [0.2, 0.25) is 0 Å². The van der Waals surface area contributed by atoms with Gasteiger partial charge < -0.3 is 0 Å². The first-order valence-electron chi connectivity index (χ1n) is 6.32. The van der Waals surface area contributed by atoms with Crippen molar-refractivity contribution in [3.05, 3.63) is 59.2 Å². The highest BCUT2D eigenvalue weighted by Crippen LogP contribution is 2.35. The van der Waals surface area contributed by atoms with Crippen LogP contribution in [0.15, 0.2) is 48.1 Å². The number of hydrogen-bond acceptors (Lipinski definition) is 0. The number of hydrogen-bond donors (Lipinski definition) is 0. The molecule has 2 bridgehead atoms. The molecular formula is C16H18. The Kier molecular flexibility index (Phi) is 2.43. The average molecular weight is 210 g/mol. The van der Waals surface area contributed by atoms with Gasteiger partial charge in [-0.25, -0.2) is 0 Å². The van der Waals surface area contributed by atoms with Crippen molar-refractivity contribution in [2.75, 3.05) is 0 Å². The zero-order chi connectivity index (χ0) is 11.0. The van der Waals surface area contributed by atoms with Crippen molar-refractivity contribution < 1.29 is 0 Å². The summed E-state index contributed by atoms with van der Waals surface area (Å²) in [6, 6.07) is 9.12. The van der Waals surface area contributed by atoms with Gasteiger partial charge in [-0.15, -0.1) is 0 Å². The average Bonchev–Trinajstić information content (AvgIpc) is 2.43. The molecule has 0 fully saturated rings. The van der Waals surface area contributed by atoms with Crippen LogP contribution in [0, 0.1) is 11.8 Å². The van der Waals surface area contributed by atoms with Gasteiger partial charge in [-0.05, 0) is 42.2 Å². The summed E-state index contributed by atoms with van der Waals surface area (Å²) in [5.74, 6) is 1.49. The minimum Gasteiger partial charge on any atom is -0.0808 e. The van der Waals surface area contributed by atoms with Crippen LogP contribution < -0.4 is 0 Å². The van der Waals surface area contributed by atoms with Gasteiger partial charge in [0.1, 0.15) is 0 Å². The maximum atomic E-state index is 2.39. The molecule has 0 heterocycles. The predicted octanol–water partition coefficient (Wildman–Crippen LogP) is 3.92. The van der Waals surface area contributed by atoms with E-state index in [0.717, 1.165) is 18.3 Å². The minimum atomic E-state index is 0.745. The van der Waals surface area contributed by atoms with Crippen LogP contribution in [0.25, 0.3) is 0 Å². The Bertz CT molecular complexity index is 451. The highest BCUT2D eigenvalue weighted by molar-refractivity contribution is 5.36. The van der Waals surface area contributed by atoms with E-state index >= 15 is 0 Å².